The summed E-state index contributed by atoms with van der Waals surface area (Å²) in [4.78, 5) is 16.6. The molecular weight excluding hydrogens is 322 g/mol. The molecule has 0 aliphatic rings. The standard InChI is InChI=1S/C19H26ClN3O/c1-19(2,3)15-9-7-14(8-10-15)17(18-21-12-13-23(18)4)22-16(24)6-5-11-20/h7-10,12-13,17H,5-6,11H2,1-4H3,(H,22,24). The fourth-order valence-electron chi connectivity index (χ4n) is 2.59. The molecule has 0 aliphatic heterocycles. The van der Waals surface area contributed by atoms with Gasteiger partial charge in [0.05, 0.1) is 0 Å². The van der Waals surface area contributed by atoms with Crippen molar-refractivity contribution in [1.82, 2.24) is 14.9 Å². The highest BCUT2D eigenvalue weighted by atomic mass is 35.5. The molecule has 2 aromatic rings. The van der Waals surface area contributed by atoms with Crippen molar-refractivity contribution in [3.63, 3.8) is 0 Å². The average molecular weight is 348 g/mol. The highest BCUT2D eigenvalue weighted by Crippen LogP contribution is 2.26. The van der Waals surface area contributed by atoms with Gasteiger partial charge in [-0.05, 0) is 23.0 Å². The van der Waals surface area contributed by atoms with Crippen LogP contribution in [0.15, 0.2) is 36.7 Å². The van der Waals surface area contributed by atoms with Crippen molar-refractivity contribution >= 4 is 17.5 Å². The van der Waals surface area contributed by atoms with Crippen LogP contribution in [0.4, 0.5) is 0 Å². The summed E-state index contributed by atoms with van der Waals surface area (Å²) in [5.74, 6) is 1.29. The Morgan fingerprint density at radius 2 is 1.96 bits per heavy atom. The van der Waals surface area contributed by atoms with Gasteiger partial charge >= 0.3 is 0 Å². The highest BCUT2D eigenvalue weighted by molar-refractivity contribution is 6.17. The van der Waals surface area contributed by atoms with Crippen LogP contribution in [0.25, 0.3) is 0 Å². The van der Waals surface area contributed by atoms with Crippen LogP contribution in [0.2, 0.25) is 0 Å². The molecule has 0 spiro atoms. The van der Waals surface area contributed by atoms with Gasteiger partial charge in [-0.3, -0.25) is 4.79 Å². The van der Waals surface area contributed by atoms with Crippen LogP contribution in [0.5, 0.6) is 0 Å². The molecule has 1 amide bonds. The Balaban J connectivity index is 2.29. The van der Waals surface area contributed by atoms with Crippen molar-refractivity contribution < 1.29 is 4.79 Å². The minimum absolute atomic E-state index is 0.0106. The lowest BCUT2D eigenvalue weighted by Gasteiger charge is -2.22. The van der Waals surface area contributed by atoms with Crippen LogP contribution >= 0.6 is 11.6 Å². The summed E-state index contributed by atoms with van der Waals surface area (Å²) in [5.41, 5.74) is 2.38. The molecule has 4 nitrogen and oxygen atoms in total. The van der Waals surface area contributed by atoms with Gasteiger partial charge in [-0.25, -0.2) is 4.98 Å². The normalized spacial score (nSPS) is 12.9. The van der Waals surface area contributed by atoms with E-state index in [2.05, 4.69) is 55.3 Å². The van der Waals surface area contributed by atoms with Gasteiger partial charge in [-0.15, -0.1) is 11.6 Å². The molecule has 0 radical (unpaired) electrons. The summed E-state index contributed by atoms with van der Waals surface area (Å²) in [6, 6.07) is 8.12. The minimum Gasteiger partial charge on any atom is -0.342 e. The number of aryl methyl sites for hydroxylation is 1. The number of benzene rings is 1. The zero-order chi connectivity index (χ0) is 17.7. The van der Waals surface area contributed by atoms with E-state index in [1.165, 1.54) is 5.56 Å². The summed E-state index contributed by atoms with van der Waals surface area (Å²) in [7, 11) is 1.93. The van der Waals surface area contributed by atoms with Gasteiger partial charge in [0.15, 0.2) is 0 Å². The topological polar surface area (TPSA) is 46.9 Å². The Morgan fingerprint density at radius 3 is 2.46 bits per heavy atom. The number of carbonyl (C=O) groups is 1. The minimum atomic E-state index is -0.262. The van der Waals surface area contributed by atoms with Crippen LogP contribution in [0.1, 0.15) is 56.6 Å². The molecule has 1 unspecified atom stereocenters. The first-order chi connectivity index (χ1) is 11.3. The van der Waals surface area contributed by atoms with Crippen LogP contribution in [-0.2, 0) is 17.3 Å². The second-order valence-electron chi connectivity index (χ2n) is 7.06. The number of hydrogen-bond acceptors (Lipinski definition) is 2. The van der Waals surface area contributed by atoms with Gasteiger partial charge in [0.25, 0.3) is 0 Å². The molecule has 1 heterocycles. The number of aromatic nitrogens is 2. The van der Waals surface area contributed by atoms with Gasteiger partial charge < -0.3 is 9.88 Å². The Hall–Kier alpha value is -1.81. The van der Waals surface area contributed by atoms with Crippen molar-refractivity contribution in [3.05, 3.63) is 53.6 Å². The Morgan fingerprint density at radius 1 is 1.29 bits per heavy atom. The van der Waals surface area contributed by atoms with E-state index in [0.717, 1.165) is 11.4 Å². The van der Waals surface area contributed by atoms with E-state index in [9.17, 15) is 4.79 Å². The SMILES string of the molecule is Cn1ccnc1C(NC(=O)CCCCl)c1ccc(C(C)(C)C)cc1. The maximum Gasteiger partial charge on any atom is 0.220 e. The third-order valence-corrected chi connectivity index (χ3v) is 4.34. The number of alkyl halides is 1. The highest BCUT2D eigenvalue weighted by Gasteiger charge is 2.21. The van der Waals surface area contributed by atoms with E-state index in [-0.39, 0.29) is 17.4 Å². The van der Waals surface area contributed by atoms with Gasteiger partial charge in [0, 0.05) is 31.7 Å². The molecule has 1 atom stereocenters. The molecule has 2 rings (SSSR count). The molecule has 24 heavy (non-hydrogen) atoms. The maximum absolute atomic E-state index is 12.2. The first kappa shape index (κ1) is 18.5. The number of imidazole rings is 1. The van der Waals surface area contributed by atoms with E-state index in [1.807, 2.05) is 17.8 Å². The van der Waals surface area contributed by atoms with Crippen LogP contribution in [-0.4, -0.2) is 21.3 Å². The second kappa shape index (κ2) is 7.84. The summed E-state index contributed by atoms with van der Waals surface area (Å²) in [5, 5.41) is 3.09. The zero-order valence-electron chi connectivity index (χ0n) is 14.8. The lowest BCUT2D eigenvalue weighted by atomic mass is 9.86. The van der Waals surface area contributed by atoms with E-state index in [1.54, 1.807) is 6.20 Å². The third-order valence-electron chi connectivity index (χ3n) is 4.07. The molecule has 0 fully saturated rings. The molecule has 1 aromatic carbocycles. The largest absolute Gasteiger partial charge is 0.342 e. The lowest BCUT2D eigenvalue weighted by molar-refractivity contribution is -0.121. The van der Waals surface area contributed by atoms with Crippen LogP contribution in [0, 0.1) is 0 Å². The predicted octanol–water partition coefficient (Wildman–Crippen LogP) is 3.94. The molecular formula is C19H26ClN3O. The third kappa shape index (κ3) is 4.60. The number of nitrogens with one attached hydrogen (secondary N) is 1. The molecule has 0 saturated heterocycles. The molecule has 0 bridgehead atoms. The Bertz CT molecular complexity index is 671. The van der Waals surface area contributed by atoms with E-state index >= 15 is 0 Å². The summed E-state index contributed by atoms with van der Waals surface area (Å²) in [6.07, 6.45) is 4.72. The summed E-state index contributed by atoms with van der Waals surface area (Å²) >= 11 is 5.69. The molecule has 5 heteroatoms. The number of nitrogens with zero attached hydrogens (tertiary/aromatic N) is 2. The number of halogens is 1. The van der Waals surface area contributed by atoms with Gasteiger partial charge in [-0.1, -0.05) is 45.0 Å². The van der Waals surface area contributed by atoms with Crippen LogP contribution < -0.4 is 5.32 Å². The lowest BCUT2D eigenvalue weighted by Crippen LogP contribution is -2.31. The smallest absolute Gasteiger partial charge is 0.220 e. The molecule has 1 aromatic heterocycles. The summed E-state index contributed by atoms with van der Waals surface area (Å²) in [6.45, 7) is 6.56. The van der Waals surface area contributed by atoms with Gasteiger partial charge in [-0.2, -0.15) is 0 Å². The van der Waals surface area contributed by atoms with E-state index < -0.39 is 0 Å². The van der Waals surface area contributed by atoms with Gasteiger partial charge in [0.1, 0.15) is 11.9 Å². The molecule has 130 valence electrons. The van der Waals surface area contributed by atoms with Crippen molar-refractivity contribution in [1.29, 1.82) is 0 Å². The molecule has 1 N–H and O–H groups in total. The van der Waals surface area contributed by atoms with E-state index in [0.29, 0.717) is 18.7 Å². The molecule has 0 saturated carbocycles. The molecule has 0 aliphatic carbocycles. The number of hydrogen-bond donors (Lipinski definition) is 1. The zero-order valence-corrected chi connectivity index (χ0v) is 15.6. The second-order valence-corrected chi connectivity index (χ2v) is 7.44. The Labute approximate surface area is 149 Å². The average Bonchev–Trinajstić information content (AvgIpc) is 2.96. The number of rotatable bonds is 6. The fourth-order valence-corrected chi connectivity index (χ4v) is 2.72. The first-order valence-electron chi connectivity index (χ1n) is 8.26. The monoisotopic (exact) mass is 347 g/mol. The number of amides is 1. The van der Waals surface area contributed by atoms with Crippen molar-refractivity contribution in [2.75, 3.05) is 5.88 Å². The predicted molar refractivity (Wildman–Crippen MR) is 98.3 cm³/mol. The van der Waals surface area contributed by atoms with Crippen molar-refractivity contribution in [3.8, 4) is 0 Å². The van der Waals surface area contributed by atoms with Gasteiger partial charge in [0.2, 0.25) is 5.91 Å². The quantitative estimate of drug-likeness (QED) is 0.804. The number of carbonyl (C=O) groups excluding carboxylic acids is 1. The van der Waals surface area contributed by atoms with Crippen molar-refractivity contribution in [2.45, 2.75) is 45.1 Å². The Kier molecular flexibility index (Phi) is 6.05. The van der Waals surface area contributed by atoms with Crippen molar-refractivity contribution in [2.24, 2.45) is 7.05 Å². The summed E-state index contributed by atoms with van der Waals surface area (Å²) < 4.78 is 1.93. The van der Waals surface area contributed by atoms with E-state index in [4.69, 9.17) is 11.6 Å². The maximum atomic E-state index is 12.2. The fraction of sp³-hybridized carbons (Fsp3) is 0.474. The first-order valence-corrected chi connectivity index (χ1v) is 8.79. The van der Waals surface area contributed by atoms with Crippen LogP contribution in [0.3, 0.4) is 0 Å².